The number of hydrogen-bond donors (Lipinski definition) is 1. The third kappa shape index (κ3) is 2.13. The van der Waals surface area contributed by atoms with Gasteiger partial charge in [-0.15, -0.1) is 23.1 Å². The third-order valence-corrected chi connectivity index (χ3v) is 4.14. The maximum atomic E-state index is 10.6. The van der Waals surface area contributed by atoms with Crippen LogP contribution in [0.1, 0.15) is 16.1 Å². The lowest BCUT2D eigenvalue weighted by atomic mass is 10.3. The highest BCUT2D eigenvalue weighted by Gasteiger charge is 2.11. The topological polar surface area (TPSA) is 54.4 Å². The molecule has 0 amide bonds. The second kappa shape index (κ2) is 4.20. The van der Waals surface area contributed by atoms with Crippen LogP contribution in [0.5, 0.6) is 0 Å². The number of fused-ring (bicyclic) bond motifs is 1. The number of thiophene rings is 1. The molecular weight excluding hydrogens is 232 g/mol. The fourth-order valence-electron chi connectivity index (χ4n) is 1.43. The van der Waals surface area contributed by atoms with Gasteiger partial charge in [-0.2, -0.15) is 0 Å². The number of thioether (sulfide) groups is 1. The fourth-order valence-corrected chi connectivity index (χ4v) is 3.54. The minimum Gasteiger partial charge on any atom is -0.481 e. The molecule has 15 heavy (non-hydrogen) atoms. The molecule has 3 nitrogen and oxygen atoms in total. The van der Waals surface area contributed by atoms with Crippen LogP contribution in [0.15, 0.2) is 6.07 Å². The highest BCUT2D eigenvalue weighted by atomic mass is 32.2. The zero-order valence-corrected chi connectivity index (χ0v) is 9.36. The number of rotatable bonds is 3. The van der Waals surface area contributed by atoms with Crippen LogP contribution in [0.4, 0.5) is 0 Å². The van der Waals surface area contributed by atoms with Gasteiger partial charge in [0, 0.05) is 20.4 Å². The average Bonchev–Trinajstić information content (AvgIpc) is 2.61. The predicted molar refractivity (Wildman–Crippen MR) is 61.5 cm³/mol. The summed E-state index contributed by atoms with van der Waals surface area (Å²) >= 11 is 2.94. The SMILES string of the molecule is O=Cc1cc2c(s1)=CCSC=2CC(=O)O. The van der Waals surface area contributed by atoms with Gasteiger partial charge in [0.05, 0.1) is 11.3 Å². The molecule has 2 rings (SSSR count). The molecule has 0 atom stereocenters. The Bertz CT molecular complexity index is 527. The van der Waals surface area contributed by atoms with Crippen molar-refractivity contribution in [1.29, 1.82) is 0 Å². The Hall–Kier alpha value is -1.07. The molecule has 0 bridgehead atoms. The Kier molecular flexibility index (Phi) is 2.93. The van der Waals surface area contributed by atoms with Gasteiger partial charge >= 0.3 is 5.97 Å². The molecule has 0 saturated heterocycles. The van der Waals surface area contributed by atoms with Crippen molar-refractivity contribution in [2.75, 3.05) is 5.75 Å². The van der Waals surface area contributed by atoms with Crippen molar-refractivity contribution in [3.8, 4) is 0 Å². The van der Waals surface area contributed by atoms with E-state index in [1.54, 1.807) is 6.07 Å². The molecule has 1 aromatic heterocycles. The van der Waals surface area contributed by atoms with E-state index in [9.17, 15) is 9.59 Å². The fraction of sp³-hybridized carbons (Fsp3) is 0.200. The van der Waals surface area contributed by atoms with Crippen molar-refractivity contribution in [2.45, 2.75) is 6.42 Å². The Balaban J connectivity index is 2.59. The first-order chi connectivity index (χ1) is 7.20. The molecule has 5 heteroatoms. The van der Waals surface area contributed by atoms with Gasteiger partial charge in [-0.25, -0.2) is 0 Å². The van der Waals surface area contributed by atoms with Gasteiger partial charge in [0.25, 0.3) is 0 Å². The van der Waals surface area contributed by atoms with Crippen LogP contribution in [0.3, 0.4) is 0 Å². The highest BCUT2D eigenvalue weighted by molar-refractivity contribution is 8.08. The number of carboxylic acids is 1. The quantitative estimate of drug-likeness (QED) is 0.789. The molecule has 0 aromatic carbocycles. The molecule has 1 aliphatic rings. The molecule has 1 aliphatic heterocycles. The van der Waals surface area contributed by atoms with E-state index < -0.39 is 5.97 Å². The number of aldehydes is 1. The summed E-state index contributed by atoms with van der Waals surface area (Å²) in [6, 6.07) is 1.77. The van der Waals surface area contributed by atoms with E-state index in [0.717, 1.165) is 26.7 Å². The van der Waals surface area contributed by atoms with Crippen molar-refractivity contribution in [1.82, 2.24) is 0 Å². The van der Waals surface area contributed by atoms with Gasteiger partial charge in [-0.05, 0) is 6.07 Å². The van der Waals surface area contributed by atoms with Gasteiger partial charge in [0.15, 0.2) is 6.29 Å². The van der Waals surface area contributed by atoms with E-state index in [4.69, 9.17) is 5.11 Å². The Morgan fingerprint density at radius 1 is 1.60 bits per heavy atom. The van der Waals surface area contributed by atoms with Crippen LogP contribution in [-0.2, 0) is 4.79 Å². The van der Waals surface area contributed by atoms with Gasteiger partial charge in [-0.1, -0.05) is 6.08 Å². The smallest absolute Gasteiger partial charge is 0.308 e. The monoisotopic (exact) mass is 240 g/mol. The highest BCUT2D eigenvalue weighted by Crippen LogP contribution is 2.21. The van der Waals surface area contributed by atoms with Crippen LogP contribution in [0, 0.1) is 0 Å². The number of carboxylic acid groups (broad SMARTS) is 1. The summed E-state index contributed by atoms with van der Waals surface area (Å²) in [5, 5.41) is 9.66. The Morgan fingerprint density at radius 2 is 2.40 bits per heavy atom. The predicted octanol–water partition coefficient (Wildman–Crippen LogP) is 0.671. The number of aliphatic carboxylic acids is 1. The summed E-state index contributed by atoms with van der Waals surface area (Å²) in [6.45, 7) is 0. The average molecular weight is 240 g/mol. The third-order valence-electron chi connectivity index (χ3n) is 2.03. The van der Waals surface area contributed by atoms with E-state index >= 15 is 0 Å². The first-order valence-electron chi connectivity index (χ1n) is 4.33. The standard InChI is InChI=1S/C10H8O3S2/c11-5-6-3-7-8(15-6)1-2-14-9(7)4-10(12)13/h1,3,5H,2,4H2,(H,12,13). The first kappa shape index (κ1) is 10.4. The first-order valence-corrected chi connectivity index (χ1v) is 6.14. The Labute approximate surface area is 94.1 Å². The van der Waals surface area contributed by atoms with Gasteiger partial charge in [0.1, 0.15) is 0 Å². The molecule has 0 fully saturated rings. The van der Waals surface area contributed by atoms with Gasteiger partial charge in [0.2, 0.25) is 0 Å². The van der Waals surface area contributed by atoms with Crippen molar-refractivity contribution in [3.63, 3.8) is 0 Å². The van der Waals surface area contributed by atoms with Crippen LogP contribution in [0.2, 0.25) is 0 Å². The van der Waals surface area contributed by atoms with E-state index in [1.165, 1.54) is 23.1 Å². The van der Waals surface area contributed by atoms with E-state index in [-0.39, 0.29) is 6.42 Å². The zero-order valence-electron chi connectivity index (χ0n) is 7.73. The molecular formula is C10H8O3S2. The van der Waals surface area contributed by atoms with Crippen molar-refractivity contribution >= 4 is 46.3 Å². The summed E-state index contributed by atoms with van der Waals surface area (Å²) < 4.78 is 1.02. The zero-order chi connectivity index (χ0) is 10.8. The van der Waals surface area contributed by atoms with Crippen molar-refractivity contribution < 1.29 is 14.7 Å². The summed E-state index contributed by atoms with van der Waals surface area (Å²) in [5.74, 6) is -0.0433. The Morgan fingerprint density at radius 3 is 3.07 bits per heavy atom. The summed E-state index contributed by atoms with van der Waals surface area (Å²) in [5.41, 5.74) is 0. The summed E-state index contributed by atoms with van der Waals surface area (Å²) in [7, 11) is 0. The second-order valence-electron chi connectivity index (χ2n) is 3.05. The second-order valence-corrected chi connectivity index (χ2v) is 5.28. The summed E-state index contributed by atoms with van der Waals surface area (Å²) in [4.78, 5) is 22.8. The number of hydrogen-bond acceptors (Lipinski definition) is 4. The number of carbonyl (C=O) groups excluding carboxylic acids is 1. The van der Waals surface area contributed by atoms with Crippen molar-refractivity contribution in [2.24, 2.45) is 0 Å². The van der Waals surface area contributed by atoms with Crippen LogP contribution in [-0.4, -0.2) is 23.1 Å². The molecule has 2 heterocycles. The lowest BCUT2D eigenvalue weighted by Gasteiger charge is -2.04. The maximum absolute atomic E-state index is 10.6. The minimum atomic E-state index is -0.829. The van der Waals surface area contributed by atoms with Crippen LogP contribution >= 0.6 is 23.1 Å². The molecule has 1 aromatic rings. The summed E-state index contributed by atoms with van der Waals surface area (Å²) in [6.07, 6.45) is 2.88. The van der Waals surface area contributed by atoms with E-state index in [2.05, 4.69) is 0 Å². The minimum absolute atomic E-state index is 0.0422. The molecule has 1 N–H and O–H groups in total. The molecule has 0 unspecified atom stereocenters. The van der Waals surface area contributed by atoms with Crippen LogP contribution in [0.25, 0.3) is 11.0 Å². The number of carbonyl (C=O) groups is 2. The van der Waals surface area contributed by atoms with Crippen LogP contribution < -0.4 is 9.75 Å². The van der Waals surface area contributed by atoms with Gasteiger partial charge < -0.3 is 5.11 Å². The molecule has 0 aliphatic carbocycles. The molecule has 0 spiro atoms. The lowest BCUT2D eigenvalue weighted by molar-refractivity contribution is -0.135. The lowest BCUT2D eigenvalue weighted by Crippen LogP contribution is -2.24. The molecule has 0 radical (unpaired) electrons. The maximum Gasteiger partial charge on any atom is 0.308 e. The normalized spacial score (nSPS) is 14.3. The van der Waals surface area contributed by atoms with E-state index in [1.807, 2.05) is 6.08 Å². The van der Waals surface area contributed by atoms with Gasteiger partial charge in [-0.3, -0.25) is 9.59 Å². The molecule has 0 saturated carbocycles. The van der Waals surface area contributed by atoms with Crippen molar-refractivity contribution in [3.05, 3.63) is 20.7 Å². The largest absolute Gasteiger partial charge is 0.481 e. The molecule has 78 valence electrons. The van der Waals surface area contributed by atoms with E-state index in [0.29, 0.717) is 4.88 Å².